The van der Waals surface area contributed by atoms with Crippen molar-refractivity contribution in [2.24, 2.45) is 4.99 Å². The minimum atomic E-state index is -0.766. The molecule has 1 atom stereocenters. The Kier molecular flexibility index (Phi) is 8.64. The van der Waals surface area contributed by atoms with Gasteiger partial charge in [0.1, 0.15) is 18.3 Å². The molecule has 0 spiro atoms. The van der Waals surface area contributed by atoms with E-state index in [9.17, 15) is 14.4 Å². The number of hydrogen-bond acceptors (Lipinski definition) is 7. The zero-order valence-electron chi connectivity index (χ0n) is 26.6. The van der Waals surface area contributed by atoms with Crippen molar-refractivity contribution in [2.75, 3.05) is 26.8 Å². The Morgan fingerprint density at radius 1 is 1.00 bits per heavy atom. The molecular weight excluding hydrogens is 600 g/mol. The molecule has 0 fully saturated rings. The van der Waals surface area contributed by atoms with Crippen molar-refractivity contribution in [3.05, 3.63) is 109 Å². The minimum Gasteiger partial charge on any atom is -0.496 e. The van der Waals surface area contributed by atoms with Crippen LogP contribution in [0.15, 0.2) is 87.9 Å². The number of rotatable bonds is 9. The maximum Gasteiger partial charge on any atom is 0.325 e. The second-order valence-electron chi connectivity index (χ2n) is 11.0. The molecule has 236 valence electrons. The van der Waals surface area contributed by atoms with E-state index in [4.69, 9.17) is 14.5 Å². The summed E-state index contributed by atoms with van der Waals surface area (Å²) >= 11 is 1.28. The topological polar surface area (TPSA) is 95.1 Å². The summed E-state index contributed by atoms with van der Waals surface area (Å²) in [5.41, 5.74) is 3.14. The Balaban J connectivity index is 1.61. The number of ether oxygens (including phenoxy) is 2. The van der Waals surface area contributed by atoms with Gasteiger partial charge in [0.15, 0.2) is 4.80 Å². The summed E-state index contributed by atoms with van der Waals surface area (Å²) in [5, 5.41) is 2.76. The highest BCUT2D eigenvalue weighted by atomic mass is 32.1. The first-order chi connectivity index (χ1) is 22.3. The van der Waals surface area contributed by atoms with Gasteiger partial charge < -0.3 is 18.9 Å². The maximum absolute atomic E-state index is 14.5. The van der Waals surface area contributed by atoms with Gasteiger partial charge in [-0.1, -0.05) is 59.9 Å². The first-order valence-corrected chi connectivity index (χ1v) is 16.2. The minimum absolute atomic E-state index is 0.0559. The van der Waals surface area contributed by atoms with E-state index >= 15 is 0 Å². The molecule has 3 heterocycles. The van der Waals surface area contributed by atoms with Gasteiger partial charge in [-0.3, -0.25) is 19.0 Å². The molecular formula is C36H36N4O5S. The number of allylic oxidation sites excluding steroid dienone is 1. The molecule has 6 rings (SSSR count). The lowest BCUT2D eigenvalue weighted by atomic mass is 9.90. The van der Waals surface area contributed by atoms with Crippen LogP contribution in [0, 0.1) is 0 Å². The van der Waals surface area contributed by atoms with Gasteiger partial charge in [-0.25, -0.2) is 4.99 Å². The Morgan fingerprint density at radius 3 is 2.43 bits per heavy atom. The summed E-state index contributed by atoms with van der Waals surface area (Å²) in [6, 6.07) is 18.8. The number of aromatic nitrogens is 2. The van der Waals surface area contributed by atoms with Gasteiger partial charge in [0.05, 0.1) is 29.5 Å². The number of fused-ring (bicyclic) bond motifs is 3. The quantitative estimate of drug-likeness (QED) is 0.217. The number of nitrogens with zero attached hydrogens (tertiary/aromatic N) is 4. The third-order valence-electron chi connectivity index (χ3n) is 8.44. The van der Waals surface area contributed by atoms with Crippen molar-refractivity contribution >= 4 is 51.0 Å². The summed E-state index contributed by atoms with van der Waals surface area (Å²) in [5.74, 6) is 0.0847. The Bertz CT molecular complexity index is 2200. The predicted octanol–water partition coefficient (Wildman–Crippen LogP) is 4.78. The number of hydrogen-bond donors (Lipinski definition) is 0. The predicted molar refractivity (Wildman–Crippen MR) is 181 cm³/mol. The summed E-state index contributed by atoms with van der Waals surface area (Å²) in [7, 11) is 1.60. The monoisotopic (exact) mass is 636 g/mol. The normalized spacial score (nSPS) is 14.8. The number of benzene rings is 3. The van der Waals surface area contributed by atoms with Crippen LogP contribution < -0.4 is 19.6 Å². The van der Waals surface area contributed by atoms with Crippen LogP contribution in [-0.2, 0) is 20.9 Å². The van der Waals surface area contributed by atoms with Crippen molar-refractivity contribution in [2.45, 2.75) is 40.3 Å². The molecule has 1 aliphatic heterocycles. The van der Waals surface area contributed by atoms with Crippen molar-refractivity contribution < 1.29 is 19.1 Å². The van der Waals surface area contributed by atoms with E-state index in [0.29, 0.717) is 46.0 Å². The number of para-hydroxylation sites is 1. The van der Waals surface area contributed by atoms with Crippen LogP contribution in [0.25, 0.3) is 27.8 Å². The van der Waals surface area contributed by atoms with Gasteiger partial charge >= 0.3 is 5.97 Å². The zero-order chi connectivity index (χ0) is 32.5. The summed E-state index contributed by atoms with van der Waals surface area (Å²) in [6.07, 6.45) is 3.71. The maximum atomic E-state index is 14.5. The van der Waals surface area contributed by atoms with Crippen LogP contribution in [-0.4, -0.2) is 52.7 Å². The van der Waals surface area contributed by atoms with E-state index in [2.05, 4.69) is 0 Å². The fourth-order valence-electron chi connectivity index (χ4n) is 6.29. The lowest BCUT2D eigenvalue weighted by Crippen LogP contribution is -2.43. The average Bonchev–Trinajstić information content (AvgIpc) is 3.56. The molecule has 0 saturated heterocycles. The van der Waals surface area contributed by atoms with Crippen LogP contribution in [0.5, 0.6) is 5.75 Å². The van der Waals surface area contributed by atoms with E-state index in [-0.39, 0.29) is 24.0 Å². The number of esters is 1. The first-order valence-electron chi connectivity index (χ1n) is 15.4. The van der Waals surface area contributed by atoms with Gasteiger partial charge in [-0.05, 0) is 56.7 Å². The van der Waals surface area contributed by atoms with Gasteiger partial charge in [-0.2, -0.15) is 0 Å². The summed E-state index contributed by atoms with van der Waals surface area (Å²) in [4.78, 5) is 48.2. The highest BCUT2D eigenvalue weighted by molar-refractivity contribution is 7.07. The molecule has 0 N–H and O–H groups in total. The van der Waals surface area contributed by atoms with Gasteiger partial charge in [-0.15, -0.1) is 0 Å². The first kappa shape index (κ1) is 31.0. The van der Waals surface area contributed by atoms with Crippen molar-refractivity contribution in [3.8, 4) is 5.75 Å². The highest BCUT2D eigenvalue weighted by Crippen LogP contribution is 2.40. The molecule has 10 heteroatoms. The fourth-order valence-corrected chi connectivity index (χ4v) is 7.33. The van der Waals surface area contributed by atoms with E-state index in [1.165, 1.54) is 11.3 Å². The SMILES string of the molecule is CCOC(=O)Cn1cc(/C=c2/sc3n(c2=O)[C@H](c2c(OC)ccc4ccccc24)C(C(=O)N(CC)CC)=C(C)N=3)c2ccccc21. The van der Waals surface area contributed by atoms with Crippen LogP contribution in [0.2, 0.25) is 0 Å². The largest absolute Gasteiger partial charge is 0.496 e. The summed E-state index contributed by atoms with van der Waals surface area (Å²) in [6.45, 7) is 8.89. The number of carbonyl (C=O) groups excluding carboxylic acids is 2. The standard InChI is InChI=1S/C36H36N4O5S/c1-6-38(7-2)35(43)31-22(4)37-36-40(33(31)32-26-15-10-9-13-23(26)17-18-28(32)44-5)34(42)29(46-36)19-24-20-39(21-30(41)45-8-3)27-16-12-11-14-25(24)27/h9-20,33H,6-8,21H2,1-5H3/b29-19+/t33-/m0/s1. The molecule has 5 aromatic rings. The number of likely N-dealkylation sites (N-methyl/N-ethyl adjacent to an activating group) is 1. The third kappa shape index (κ3) is 5.32. The third-order valence-corrected chi connectivity index (χ3v) is 9.42. The van der Waals surface area contributed by atoms with E-state index in [0.717, 1.165) is 32.8 Å². The van der Waals surface area contributed by atoms with Gasteiger partial charge in [0, 0.05) is 41.3 Å². The molecule has 2 aromatic heterocycles. The van der Waals surface area contributed by atoms with E-state index in [1.807, 2.05) is 98.3 Å². The molecule has 46 heavy (non-hydrogen) atoms. The van der Waals surface area contributed by atoms with Crippen LogP contribution in [0.4, 0.5) is 0 Å². The summed E-state index contributed by atoms with van der Waals surface area (Å²) < 4.78 is 15.0. The molecule has 1 aliphatic rings. The molecule has 0 saturated carbocycles. The van der Waals surface area contributed by atoms with E-state index < -0.39 is 6.04 Å². The lowest BCUT2D eigenvalue weighted by Gasteiger charge is -2.30. The molecule has 0 bridgehead atoms. The second kappa shape index (κ2) is 12.8. The zero-order valence-corrected chi connectivity index (χ0v) is 27.4. The fraction of sp³-hybridized carbons (Fsp3) is 0.278. The number of carbonyl (C=O) groups is 2. The molecule has 0 aliphatic carbocycles. The number of thiazole rings is 1. The van der Waals surface area contributed by atoms with Crippen molar-refractivity contribution in [3.63, 3.8) is 0 Å². The molecule has 9 nitrogen and oxygen atoms in total. The molecule has 3 aromatic carbocycles. The Morgan fingerprint density at radius 2 is 1.72 bits per heavy atom. The Labute approximate surface area is 270 Å². The van der Waals surface area contributed by atoms with E-state index in [1.54, 1.807) is 23.5 Å². The van der Waals surface area contributed by atoms with Crippen molar-refractivity contribution in [1.29, 1.82) is 0 Å². The molecule has 0 radical (unpaired) electrons. The smallest absolute Gasteiger partial charge is 0.325 e. The van der Waals surface area contributed by atoms with Crippen LogP contribution in [0.3, 0.4) is 0 Å². The van der Waals surface area contributed by atoms with Crippen LogP contribution >= 0.6 is 11.3 Å². The lowest BCUT2D eigenvalue weighted by molar-refractivity contribution is -0.143. The van der Waals surface area contributed by atoms with Gasteiger partial charge in [0.25, 0.3) is 11.5 Å². The number of amides is 1. The Hall–Kier alpha value is -4.96. The van der Waals surface area contributed by atoms with Crippen molar-refractivity contribution in [1.82, 2.24) is 14.0 Å². The van der Waals surface area contributed by atoms with Gasteiger partial charge in [0.2, 0.25) is 0 Å². The van der Waals surface area contributed by atoms with Crippen LogP contribution in [0.1, 0.15) is 44.9 Å². The molecule has 1 amide bonds. The second-order valence-corrected chi connectivity index (χ2v) is 12.0. The molecule has 0 unspecified atom stereocenters. The highest BCUT2D eigenvalue weighted by Gasteiger charge is 2.36. The number of methoxy groups -OCH3 is 1. The average molecular weight is 637 g/mol.